The SMILES string of the molecule is CC1CCCCC1CNCC1CCCCN1C. The van der Waals surface area contributed by atoms with Crippen LogP contribution in [0.4, 0.5) is 0 Å². The van der Waals surface area contributed by atoms with Gasteiger partial charge in [0.25, 0.3) is 0 Å². The van der Waals surface area contributed by atoms with Gasteiger partial charge in [0.05, 0.1) is 0 Å². The molecule has 0 aromatic carbocycles. The third-order valence-corrected chi connectivity index (χ3v) is 5.00. The summed E-state index contributed by atoms with van der Waals surface area (Å²) in [5, 5.41) is 3.74. The highest BCUT2D eigenvalue weighted by atomic mass is 15.2. The van der Waals surface area contributed by atoms with Crippen molar-refractivity contribution in [3.05, 3.63) is 0 Å². The van der Waals surface area contributed by atoms with Gasteiger partial charge < -0.3 is 10.2 Å². The summed E-state index contributed by atoms with van der Waals surface area (Å²) in [5.74, 6) is 1.89. The quantitative estimate of drug-likeness (QED) is 0.810. The second-order valence-electron chi connectivity index (χ2n) is 6.31. The maximum absolute atomic E-state index is 3.74. The minimum Gasteiger partial charge on any atom is -0.315 e. The standard InChI is InChI=1S/C15H30N2/c1-13-7-3-4-8-14(13)11-16-12-15-9-5-6-10-17(15)2/h13-16H,3-12H2,1-2H3. The van der Waals surface area contributed by atoms with E-state index < -0.39 is 0 Å². The van der Waals surface area contributed by atoms with Crippen LogP contribution in [0.1, 0.15) is 51.9 Å². The van der Waals surface area contributed by atoms with E-state index in [2.05, 4.69) is 24.2 Å². The van der Waals surface area contributed by atoms with E-state index in [1.807, 2.05) is 0 Å². The van der Waals surface area contributed by atoms with E-state index in [-0.39, 0.29) is 0 Å². The Morgan fingerprint density at radius 3 is 2.53 bits per heavy atom. The largest absolute Gasteiger partial charge is 0.315 e. The molecule has 2 nitrogen and oxygen atoms in total. The molecule has 0 spiro atoms. The Balaban J connectivity index is 1.64. The van der Waals surface area contributed by atoms with E-state index in [1.165, 1.54) is 64.6 Å². The van der Waals surface area contributed by atoms with E-state index in [9.17, 15) is 0 Å². The topological polar surface area (TPSA) is 15.3 Å². The van der Waals surface area contributed by atoms with Gasteiger partial charge in [-0.1, -0.05) is 32.6 Å². The summed E-state index contributed by atoms with van der Waals surface area (Å²) in [7, 11) is 2.29. The molecule has 2 aliphatic rings. The Hall–Kier alpha value is -0.0800. The molecule has 100 valence electrons. The highest BCUT2D eigenvalue weighted by Gasteiger charge is 2.22. The summed E-state index contributed by atoms with van der Waals surface area (Å²) >= 11 is 0. The number of piperidine rings is 1. The molecule has 1 saturated heterocycles. The lowest BCUT2D eigenvalue weighted by atomic mass is 9.80. The van der Waals surface area contributed by atoms with Gasteiger partial charge in [-0.15, -0.1) is 0 Å². The molecule has 0 radical (unpaired) electrons. The van der Waals surface area contributed by atoms with Crippen LogP contribution in [0.3, 0.4) is 0 Å². The van der Waals surface area contributed by atoms with Crippen molar-refractivity contribution >= 4 is 0 Å². The maximum Gasteiger partial charge on any atom is 0.0217 e. The van der Waals surface area contributed by atoms with Gasteiger partial charge in [0.15, 0.2) is 0 Å². The van der Waals surface area contributed by atoms with Crippen molar-refractivity contribution < 1.29 is 0 Å². The second-order valence-corrected chi connectivity index (χ2v) is 6.31. The van der Waals surface area contributed by atoms with E-state index >= 15 is 0 Å². The third-order valence-electron chi connectivity index (χ3n) is 5.00. The minimum atomic E-state index is 0.794. The van der Waals surface area contributed by atoms with Crippen LogP contribution < -0.4 is 5.32 Å². The van der Waals surface area contributed by atoms with Crippen LogP contribution in [0.25, 0.3) is 0 Å². The lowest BCUT2D eigenvalue weighted by Gasteiger charge is -2.34. The van der Waals surface area contributed by atoms with Gasteiger partial charge in [0, 0.05) is 12.6 Å². The van der Waals surface area contributed by atoms with Crippen molar-refractivity contribution in [2.24, 2.45) is 11.8 Å². The van der Waals surface area contributed by atoms with Crippen molar-refractivity contribution in [1.82, 2.24) is 10.2 Å². The Bertz CT molecular complexity index is 195. The molecule has 0 amide bonds. The number of likely N-dealkylation sites (tertiary alicyclic amines) is 1. The van der Waals surface area contributed by atoms with E-state index in [1.54, 1.807) is 0 Å². The monoisotopic (exact) mass is 238 g/mol. The molecule has 17 heavy (non-hydrogen) atoms. The molecular weight excluding hydrogens is 208 g/mol. The smallest absolute Gasteiger partial charge is 0.0217 e. The molecule has 0 bridgehead atoms. The Morgan fingerprint density at radius 1 is 1.00 bits per heavy atom. The molecule has 3 atom stereocenters. The molecule has 2 heteroatoms. The third kappa shape index (κ3) is 3.96. The van der Waals surface area contributed by atoms with Gasteiger partial charge in [0.1, 0.15) is 0 Å². The average Bonchev–Trinajstić information content (AvgIpc) is 2.34. The fourth-order valence-electron chi connectivity index (χ4n) is 3.53. The normalized spacial score (nSPS) is 36.0. The maximum atomic E-state index is 3.74. The van der Waals surface area contributed by atoms with Gasteiger partial charge in [-0.25, -0.2) is 0 Å². The Labute approximate surface area is 107 Å². The van der Waals surface area contributed by atoms with Gasteiger partial charge in [0.2, 0.25) is 0 Å². The van der Waals surface area contributed by atoms with Crippen LogP contribution in [-0.4, -0.2) is 37.6 Å². The zero-order valence-corrected chi connectivity index (χ0v) is 11.8. The predicted octanol–water partition coefficient (Wildman–Crippen LogP) is 2.89. The molecule has 2 fully saturated rings. The summed E-state index contributed by atoms with van der Waals surface area (Å²) in [6.45, 7) is 6.20. The van der Waals surface area contributed by atoms with Crippen molar-refractivity contribution in [3.8, 4) is 0 Å². The molecule has 1 heterocycles. The van der Waals surface area contributed by atoms with E-state index in [0.717, 1.165) is 17.9 Å². The first kappa shape index (κ1) is 13.4. The van der Waals surface area contributed by atoms with E-state index in [0.29, 0.717) is 0 Å². The molecule has 3 unspecified atom stereocenters. The van der Waals surface area contributed by atoms with Crippen molar-refractivity contribution in [2.45, 2.75) is 57.9 Å². The summed E-state index contributed by atoms with van der Waals surface area (Å²) < 4.78 is 0. The molecule has 0 aromatic heterocycles. The zero-order chi connectivity index (χ0) is 12.1. The van der Waals surface area contributed by atoms with Crippen LogP contribution in [0.15, 0.2) is 0 Å². The van der Waals surface area contributed by atoms with Gasteiger partial charge in [-0.3, -0.25) is 0 Å². The first-order valence-electron chi connectivity index (χ1n) is 7.68. The van der Waals surface area contributed by atoms with E-state index in [4.69, 9.17) is 0 Å². The molecule has 1 saturated carbocycles. The number of likely N-dealkylation sites (N-methyl/N-ethyl adjacent to an activating group) is 1. The zero-order valence-electron chi connectivity index (χ0n) is 11.8. The molecule has 0 aromatic rings. The number of hydrogen-bond donors (Lipinski definition) is 1. The number of nitrogens with zero attached hydrogens (tertiary/aromatic N) is 1. The first-order chi connectivity index (χ1) is 8.27. The van der Waals surface area contributed by atoms with Crippen LogP contribution >= 0.6 is 0 Å². The lowest BCUT2D eigenvalue weighted by molar-refractivity contribution is 0.173. The molecule has 1 aliphatic carbocycles. The van der Waals surface area contributed by atoms with Crippen LogP contribution in [0.2, 0.25) is 0 Å². The second kappa shape index (κ2) is 6.75. The Kier molecular flexibility index (Phi) is 5.30. The molecule has 2 rings (SSSR count). The summed E-state index contributed by atoms with van der Waals surface area (Å²) in [6, 6.07) is 0.794. The lowest BCUT2D eigenvalue weighted by Crippen LogP contribution is -2.44. The number of nitrogens with one attached hydrogen (secondary N) is 1. The average molecular weight is 238 g/mol. The number of hydrogen-bond acceptors (Lipinski definition) is 2. The van der Waals surface area contributed by atoms with Crippen molar-refractivity contribution in [1.29, 1.82) is 0 Å². The Morgan fingerprint density at radius 2 is 1.76 bits per heavy atom. The summed E-state index contributed by atoms with van der Waals surface area (Å²) in [4.78, 5) is 2.54. The summed E-state index contributed by atoms with van der Waals surface area (Å²) in [5.41, 5.74) is 0. The minimum absolute atomic E-state index is 0.794. The fraction of sp³-hybridized carbons (Fsp3) is 1.00. The molecular formula is C15H30N2. The first-order valence-corrected chi connectivity index (χ1v) is 7.68. The van der Waals surface area contributed by atoms with Crippen LogP contribution in [0, 0.1) is 11.8 Å². The summed E-state index contributed by atoms with van der Waals surface area (Å²) in [6.07, 6.45) is 10.0. The van der Waals surface area contributed by atoms with Gasteiger partial charge in [-0.2, -0.15) is 0 Å². The van der Waals surface area contributed by atoms with Gasteiger partial charge >= 0.3 is 0 Å². The van der Waals surface area contributed by atoms with Crippen LogP contribution in [-0.2, 0) is 0 Å². The molecule has 1 N–H and O–H groups in total. The number of rotatable bonds is 4. The van der Waals surface area contributed by atoms with Crippen molar-refractivity contribution in [3.63, 3.8) is 0 Å². The highest BCUT2D eigenvalue weighted by Crippen LogP contribution is 2.28. The fourth-order valence-corrected chi connectivity index (χ4v) is 3.53. The predicted molar refractivity (Wildman–Crippen MR) is 74.3 cm³/mol. The van der Waals surface area contributed by atoms with Crippen molar-refractivity contribution in [2.75, 3.05) is 26.7 Å². The van der Waals surface area contributed by atoms with Gasteiger partial charge in [-0.05, 0) is 51.2 Å². The highest BCUT2D eigenvalue weighted by molar-refractivity contribution is 4.79. The molecule has 1 aliphatic heterocycles. The van der Waals surface area contributed by atoms with Crippen LogP contribution in [0.5, 0.6) is 0 Å².